The first-order chi connectivity index (χ1) is 9.86. The van der Waals surface area contributed by atoms with Crippen LogP contribution in [-0.4, -0.2) is 31.7 Å². The van der Waals surface area contributed by atoms with Crippen LogP contribution in [0.2, 0.25) is 0 Å². The van der Waals surface area contributed by atoms with Gasteiger partial charge in [0.1, 0.15) is 0 Å². The van der Waals surface area contributed by atoms with E-state index in [1.165, 1.54) is 5.56 Å². The molecule has 0 atom stereocenters. The van der Waals surface area contributed by atoms with Gasteiger partial charge >= 0.3 is 0 Å². The first-order valence-corrected chi connectivity index (χ1v) is 7.47. The highest BCUT2D eigenvalue weighted by molar-refractivity contribution is 5.48. The molecule has 3 heteroatoms. The normalized spacial score (nSPS) is 22.8. The van der Waals surface area contributed by atoms with Gasteiger partial charge in [0.25, 0.3) is 0 Å². The summed E-state index contributed by atoms with van der Waals surface area (Å²) in [5.74, 6) is -0.278. The molecule has 1 aliphatic heterocycles. The van der Waals surface area contributed by atoms with E-state index in [2.05, 4.69) is 24.3 Å². The molecule has 1 spiro atoms. The molecule has 20 heavy (non-hydrogen) atoms. The maximum absolute atomic E-state index is 5.91. The van der Waals surface area contributed by atoms with Gasteiger partial charge in [-0.1, -0.05) is 42.5 Å². The lowest BCUT2D eigenvalue weighted by Gasteiger charge is -2.35. The summed E-state index contributed by atoms with van der Waals surface area (Å²) < 4.78 is 17.4. The number of ether oxygens (including phenoxy) is 3. The van der Waals surface area contributed by atoms with Gasteiger partial charge in [-0.15, -0.1) is 0 Å². The summed E-state index contributed by atoms with van der Waals surface area (Å²) >= 11 is 0. The molecule has 0 unspecified atom stereocenters. The zero-order valence-corrected chi connectivity index (χ0v) is 11.8. The highest BCUT2D eigenvalue weighted by atomic mass is 16.7. The van der Waals surface area contributed by atoms with E-state index in [1.54, 1.807) is 0 Å². The molecule has 0 bridgehead atoms. The van der Waals surface area contributed by atoms with Crippen molar-refractivity contribution in [2.75, 3.05) is 19.8 Å². The van der Waals surface area contributed by atoms with E-state index in [0.29, 0.717) is 12.7 Å². The lowest BCUT2D eigenvalue weighted by molar-refractivity contribution is -0.190. The molecule has 2 fully saturated rings. The molecule has 1 aliphatic carbocycles. The third kappa shape index (κ3) is 3.48. The van der Waals surface area contributed by atoms with Crippen molar-refractivity contribution in [3.05, 3.63) is 42.0 Å². The van der Waals surface area contributed by atoms with E-state index in [0.717, 1.165) is 38.9 Å². The average Bonchev–Trinajstić information content (AvgIpc) is 2.95. The van der Waals surface area contributed by atoms with E-state index in [4.69, 9.17) is 14.2 Å². The van der Waals surface area contributed by atoms with Crippen LogP contribution in [-0.2, 0) is 14.2 Å². The van der Waals surface area contributed by atoms with Gasteiger partial charge in [0.2, 0.25) is 0 Å². The van der Waals surface area contributed by atoms with E-state index in [9.17, 15) is 0 Å². The molecule has 1 saturated carbocycles. The Morgan fingerprint density at radius 2 is 1.80 bits per heavy atom. The summed E-state index contributed by atoms with van der Waals surface area (Å²) in [5.41, 5.74) is 1.21. The third-order valence-corrected chi connectivity index (χ3v) is 4.05. The monoisotopic (exact) mass is 274 g/mol. The summed E-state index contributed by atoms with van der Waals surface area (Å²) in [6.07, 6.45) is 8.50. The number of hydrogen-bond donors (Lipinski definition) is 0. The molecule has 0 N–H and O–H groups in total. The molecule has 3 rings (SSSR count). The van der Waals surface area contributed by atoms with Crippen LogP contribution >= 0.6 is 0 Å². The molecular weight excluding hydrogens is 252 g/mol. The summed E-state index contributed by atoms with van der Waals surface area (Å²) in [6.45, 7) is 2.16. The van der Waals surface area contributed by atoms with Gasteiger partial charge in [-0.25, -0.2) is 0 Å². The topological polar surface area (TPSA) is 27.7 Å². The van der Waals surface area contributed by atoms with E-state index >= 15 is 0 Å². The first-order valence-electron chi connectivity index (χ1n) is 7.47. The van der Waals surface area contributed by atoms with Gasteiger partial charge in [-0.3, -0.25) is 0 Å². The highest BCUT2D eigenvalue weighted by Crippen LogP contribution is 2.36. The van der Waals surface area contributed by atoms with Crippen molar-refractivity contribution >= 4 is 6.08 Å². The predicted molar refractivity (Wildman–Crippen MR) is 78.3 cm³/mol. The fourth-order valence-corrected chi connectivity index (χ4v) is 2.92. The second-order valence-electron chi connectivity index (χ2n) is 5.45. The van der Waals surface area contributed by atoms with Crippen molar-refractivity contribution < 1.29 is 14.2 Å². The highest BCUT2D eigenvalue weighted by Gasteiger charge is 2.40. The Kier molecular flexibility index (Phi) is 4.51. The fourth-order valence-electron chi connectivity index (χ4n) is 2.92. The van der Waals surface area contributed by atoms with Crippen LogP contribution < -0.4 is 0 Å². The maximum atomic E-state index is 5.91. The van der Waals surface area contributed by atoms with Gasteiger partial charge in [0, 0.05) is 12.8 Å². The lowest BCUT2D eigenvalue weighted by atomic mass is 9.92. The van der Waals surface area contributed by atoms with Crippen LogP contribution in [0, 0.1) is 0 Å². The second kappa shape index (κ2) is 6.53. The standard InChI is InChI=1S/C17H22O3/c1-2-5-15(6-3-1)7-4-12-18-16-8-10-17(11-9-16)19-13-14-20-17/h1-7,16H,8-14H2/b7-4+. The number of hydrogen-bond acceptors (Lipinski definition) is 3. The Bertz CT molecular complexity index is 425. The quantitative estimate of drug-likeness (QED) is 0.842. The fraction of sp³-hybridized carbons (Fsp3) is 0.529. The summed E-state index contributed by atoms with van der Waals surface area (Å²) in [6, 6.07) is 10.3. The zero-order valence-electron chi connectivity index (χ0n) is 11.8. The largest absolute Gasteiger partial charge is 0.374 e. The Balaban J connectivity index is 1.39. The SMILES string of the molecule is C(=C\c1ccccc1)/COC1CCC2(CC1)OCCO2. The van der Waals surface area contributed by atoms with Crippen molar-refractivity contribution in [1.29, 1.82) is 0 Å². The molecule has 0 radical (unpaired) electrons. The minimum absolute atomic E-state index is 0.278. The Morgan fingerprint density at radius 1 is 1.10 bits per heavy atom. The molecule has 1 heterocycles. The van der Waals surface area contributed by atoms with Gasteiger partial charge in [0.05, 0.1) is 25.9 Å². The van der Waals surface area contributed by atoms with Crippen LogP contribution in [0.5, 0.6) is 0 Å². The van der Waals surface area contributed by atoms with Gasteiger partial charge in [-0.05, 0) is 18.4 Å². The van der Waals surface area contributed by atoms with Crippen molar-refractivity contribution in [3.63, 3.8) is 0 Å². The smallest absolute Gasteiger partial charge is 0.168 e. The minimum Gasteiger partial charge on any atom is -0.374 e. The van der Waals surface area contributed by atoms with Gasteiger partial charge in [0.15, 0.2) is 5.79 Å². The number of benzene rings is 1. The average molecular weight is 274 g/mol. The summed E-state index contributed by atoms with van der Waals surface area (Å²) in [5, 5.41) is 0. The van der Waals surface area contributed by atoms with Crippen LogP contribution in [0.3, 0.4) is 0 Å². The van der Waals surface area contributed by atoms with Crippen LogP contribution in [0.1, 0.15) is 31.2 Å². The molecule has 108 valence electrons. The minimum atomic E-state index is -0.278. The Labute approximate surface area is 120 Å². The lowest BCUT2D eigenvalue weighted by Crippen LogP contribution is -2.37. The molecular formula is C17H22O3. The molecule has 3 nitrogen and oxygen atoms in total. The zero-order chi connectivity index (χ0) is 13.7. The molecule has 1 aromatic rings. The van der Waals surface area contributed by atoms with Gasteiger partial charge in [-0.2, -0.15) is 0 Å². The Hall–Kier alpha value is -1.16. The molecule has 0 aromatic heterocycles. The van der Waals surface area contributed by atoms with Crippen LogP contribution in [0.25, 0.3) is 6.08 Å². The first kappa shape index (κ1) is 13.8. The molecule has 1 aromatic carbocycles. The third-order valence-electron chi connectivity index (χ3n) is 4.05. The van der Waals surface area contributed by atoms with Crippen molar-refractivity contribution in [2.24, 2.45) is 0 Å². The van der Waals surface area contributed by atoms with Crippen molar-refractivity contribution in [3.8, 4) is 0 Å². The predicted octanol–water partition coefficient (Wildman–Crippen LogP) is 3.40. The van der Waals surface area contributed by atoms with E-state index < -0.39 is 0 Å². The van der Waals surface area contributed by atoms with Crippen molar-refractivity contribution in [2.45, 2.75) is 37.6 Å². The summed E-state index contributed by atoms with van der Waals surface area (Å²) in [7, 11) is 0. The molecule has 2 aliphatic rings. The van der Waals surface area contributed by atoms with Crippen molar-refractivity contribution in [1.82, 2.24) is 0 Å². The van der Waals surface area contributed by atoms with E-state index in [1.807, 2.05) is 18.2 Å². The summed E-state index contributed by atoms with van der Waals surface area (Å²) in [4.78, 5) is 0. The number of rotatable bonds is 4. The maximum Gasteiger partial charge on any atom is 0.168 e. The second-order valence-corrected chi connectivity index (χ2v) is 5.45. The Morgan fingerprint density at radius 3 is 2.50 bits per heavy atom. The van der Waals surface area contributed by atoms with E-state index in [-0.39, 0.29) is 5.79 Å². The molecule has 1 saturated heterocycles. The van der Waals surface area contributed by atoms with Crippen LogP contribution in [0.4, 0.5) is 0 Å². The van der Waals surface area contributed by atoms with Gasteiger partial charge < -0.3 is 14.2 Å². The molecule has 0 amide bonds. The van der Waals surface area contributed by atoms with Crippen LogP contribution in [0.15, 0.2) is 36.4 Å².